The quantitative estimate of drug-likeness (QED) is 0.723. The highest BCUT2D eigenvalue weighted by Crippen LogP contribution is 2.34. The van der Waals surface area contributed by atoms with Crippen LogP contribution in [0.25, 0.3) is 0 Å². The fourth-order valence-corrected chi connectivity index (χ4v) is 4.38. The summed E-state index contributed by atoms with van der Waals surface area (Å²) in [5.74, 6) is 0. The minimum Gasteiger partial charge on any atom is -0.394 e. The molecule has 1 aliphatic carbocycles. The first-order valence-corrected chi connectivity index (χ1v) is 7.55. The van der Waals surface area contributed by atoms with E-state index in [0.717, 1.165) is 18.2 Å². The number of rotatable bonds is 7. The molecule has 0 heterocycles. The van der Waals surface area contributed by atoms with Crippen molar-refractivity contribution in [3.8, 4) is 0 Å². The van der Waals surface area contributed by atoms with E-state index in [-0.39, 0.29) is 12.1 Å². The summed E-state index contributed by atoms with van der Waals surface area (Å²) in [4.78, 5) is 0. The van der Waals surface area contributed by atoms with E-state index in [9.17, 15) is 5.11 Å². The SMILES string of the molecule is CCNC(C)(CO)CC(C)SC1CCCC1. The topological polar surface area (TPSA) is 32.3 Å². The zero-order valence-electron chi connectivity index (χ0n) is 11.0. The van der Waals surface area contributed by atoms with Crippen molar-refractivity contribution in [2.24, 2.45) is 0 Å². The molecule has 96 valence electrons. The Morgan fingerprint density at radius 1 is 1.44 bits per heavy atom. The summed E-state index contributed by atoms with van der Waals surface area (Å²) in [7, 11) is 0. The second-order valence-electron chi connectivity index (χ2n) is 5.31. The molecule has 0 aromatic heterocycles. The highest BCUT2D eigenvalue weighted by atomic mass is 32.2. The summed E-state index contributed by atoms with van der Waals surface area (Å²) in [6.07, 6.45) is 6.67. The minimum atomic E-state index is -0.0974. The third-order valence-corrected chi connectivity index (χ3v) is 4.91. The van der Waals surface area contributed by atoms with E-state index in [2.05, 4.69) is 37.8 Å². The van der Waals surface area contributed by atoms with E-state index < -0.39 is 0 Å². The maximum Gasteiger partial charge on any atom is 0.0611 e. The van der Waals surface area contributed by atoms with Gasteiger partial charge in [-0.1, -0.05) is 26.7 Å². The maximum atomic E-state index is 9.45. The molecule has 0 saturated heterocycles. The average molecular weight is 245 g/mol. The minimum absolute atomic E-state index is 0.0974. The molecule has 1 fully saturated rings. The highest BCUT2D eigenvalue weighted by Gasteiger charge is 2.27. The van der Waals surface area contributed by atoms with Crippen molar-refractivity contribution < 1.29 is 5.11 Å². The Morgan fingerprint density at radius 2 is 2.06 bits per heavy atom. The van der Waals surface area contributed by atoms with Crippen molar-refractivity contribution in [2.75, 3.05) is 13.2 Å². The third-order valence-electron chi connectivity index (χ3n) is 3.42. The summed E-state index contributed by atoms with van der Waals surface area (Å²) < 4.78 is 0. The lowest BCUT2D eigenvalue weighted by molar-refractivity contribution is 0.168. The average Bonchev–Trinajstić information content (AvgIpc) is 2.70. The Bertz CT molecular complexity index is 194. The van der Waals surface area contributed by atoms with Crippen LogP contribution in [-0.4, -0.2) is 34.3 Å². The van der Waals surface area contributed by atoms with E-state index in [4.69, 9.17) is 0 Å². The Hall–Kier alpha value is 0.270. The molecule has 0 spiro atoms. The normalized spacial score (nSPS) is 23.2. The fraction of sp³-hybridized carbons (Fsp3) is 1.00. The van der Waals surface area contributed by atoms with Gasteiger partial charge in [-0.15, -0.1) is 0 Å². The van der Waals surface area contributed by atoms with Gasteiger partial charge in [0.2, 0.25) is 0 Å². The van der Waals surface area contributed by atoms with Crippen LogP contribution in [0.1, 0.15) is 52.9 Å². The molecular formula is C13H27NOS. The van der Waals surface area contributed by atoms with Gasteiger partial charge in [0, 0.05) is 16.0 Å². The van der Waals surface area contributed by atoms with Crippen LogP contribution in [0.5, 0.6) is 0 Å². The lowest BCUT2D eigenvalue weighted by atomic mass is 9.97. The van der Waals surface area contributed by atoms with Gasteiger partial charge < -0.3 is 10.4 Å². The van der Waals surface area contributed by atoms with Crippen LogP contribution in [0, 0.1) is 0 Å². The molecule has 3 heteroatoms. The van der Waals surface area contributed by atoms with Gasteiger partial charge in [0.05, 0.1) is 6.61 Å². The zero-order valence-corrected chi connectivity index (χ0v) is 11.8. The van der Waals surface area contributed by atoms with Gasteiger partial charge in [-0.05, 0) is 32.7 Å². The molecule has 0 bridgehead atoms. The van der Waals surface area contributed by atoms with Crippen molar-refractivity contribution >= 4 is 11.8 Å². The number of likely N-dealkylation sites (N-methyl/N-ethyl adjacent to an activating group) is 1. The van der Waals surface area contributed by atoms with E-state index in [1.807, 2.05) is 0 Å². The lowest BCUT2D eigenvalue weighted by Crippen LogP contribution is -2.47. The molecular weight excluding hydrogens is 218 g/mol. The third kappa shape index (κ3) is 4.64. The number of hydrogen-bond acceptors (Lipinski definition) is 3. The first kappa shape index (κ1) is 14.3. The molecule has 0 amide bonds. The second-order valence-corrected chi connectivity index (χ2v) is 7.05. The van der Waals surface area contributed by atoms with Gasteiger partial charge in [0.1, 0.15) is 0 Å². The molecule has 2 atom stereocenters. The lowest BCUT2D eigenvalue weighted by Gasteiger charge is -2.31. The fourth-order valence-electron chi connectivity index (χ4n) is 2.65. The zero-order chi connectivity index (χ0) is 12.0. The monoisotopic (exact) mass is 245 g/mol. The smallest absolute Gasteiger partial charge is 0.0611 e. The molecule has 2 nitrogen and oxygen atoms in total. The van der Waals surface area contributed by atoms with Gasteiger partial charge in [0.15, 0.2) is 0 Å². The number of aliphatic hydroxyl groups excluding tert-OH is 1. The largest absolute Gasteiger partial charge is 0.394 e. The van der Waals surface area contributed by atoms with Crippen LogP contribution in [0.3, 0.4) is 0 Å². The van der Waals surface area contributed by atoms with Gasteiger partial charge in [-0.2, -0.15) is 11.8 Å². The van der Waals surface area contributed by atoms with Gasteiger partial charge in [0.25, 0.3) is 0 Å². The molecule has 0 aliphatic heterocycles. The number of aliphatic hydroxyl groups is 1. The molecule has 2 N–H and O–H groups in total. The van der Waals surface area contributed by atoms with Crippen LogP contribution in [-0.2, 0) is 0 Å². The van der Waals surface area contributed by atoms with Gasteiger partial charge >= 0.3 is 0 Å². The summed E-state index contributed by atoms with van der Waals surface area (Å²) >= 11 is 2.12. The van der Waals surface area contributed by atoms with E-state index in [0.29, 0.717) is 5.25 Å². The van der Waals surface area contributed by atoms with Crippen molar-refractivity contribution in [2.45, 2.75) is 68.9 Å². The number of hydrogen-bond donors (Lipinski definition) is 2. The summed E-state index contributed by atoms with van der Waals surface area (Å²) in [6.45, 7) is 7.69. The summed E-state index contributed by atoms with van der Waals surface area (Å²) in [5, 5.41) is 14.4. The first-order chi connectivity index (χ1) is 7.59. The molecule has 1 aliphatic rings. The first-order valence-electron chi connectivity index (χ1n) is 6.61. The molecule has 2 unspecified atom stereocenters. The Balaban J connectivity index is 2.32. The van der Waals surface area contributed by atoms with Crippen molar-refractivity contribution in [3.63, 3.8) is 0 Å². The van der Waals surface area contributed by atoms with Crippen LogP contribution in [0.4, 0.5) is 0 Å². The molecule has 0 radical (unpaired) electrons. The predicted molar refractivity (Wildman–Crippen MR) is 73.1 cm³/mol. The predicted octanol–water partition coefficient (Wildman–Crippen LogP) is 2.80. The molecule has 16 heavy (non-hydrogen) atoms. The van der Waals surface area contributed by atoms with Crippen LogP contribution in [0.15, 0.2) is 0 Å². The molecule has 0 aromatic carbocycles. The van der Waals surface area contributed by atoms with Crippen molar-refractivity contribution in [1.82, 2.24) is 5.32 Å². The van der Waals surface area contributed by atoms with E-state index in [1.165, 1.54) is 25.7 Å². The summed E-state index contributed by atoms with van der Waals surface area (Å²) in [5.41, 5.74) is -0.0974. The van der Waals surface area contributed by atoms with E-state index in [1.54, 1.807) is 0 Å². The maximum absolute atomic E-state index is 9.45. The Labute approximate surface area is 105 Å². The van der Waals surface area contributed by atoms with Crippen LogP contribution < -0.4 is 5.32 Å². The summed E-state index contributed by atoms with van der Waals surface area (Å²) in [6, 6.07) is 0. The number of nitrogens with one attached hydrogen (secondary N) is 1. The van der Waals surface area contributed by atoms with Gasteiger partial charge in [-0.3, -0.25) is 0 Å². The Morgan fingerprint density at radius 3 is 2.56 bits per heavy atom. The van der Waals surface area contributed by atoms with Crippen LogP contribution >= 0.6 is 11.8 Å². The van der Waals surface area contributed by atoms with Crippen molar-refractivity contribution in [1.29, 1.82) is 0 Å². The van der Waals surface area contributed by atoms with Crippen molar-refractivity contribution in [3.05, 3.63) is 0 Å². The van der Waals surface area contributed by atoms with Crippen LogP contribution in [0.2, 0.25) is 0 Å². The standard InChI is InChI=1S/C13H27NOS/c1-4-14-13(3,10-15)9-11(2)16-12-7-5-6-8-12/h11-12,14-15H,4-10H2,1-3H3. The second kappa shape index (κ2) is 6.87. The molecule has 1 saturated carbocycles. The van der Waals surface area contributed by atoms with Gasteiger partial charge in [-0.25, -0.2) is 0 Å². The Kier molecular flexibility index (Phi) is 6.16. The molecule has 1 rings (SSSR count). The molecule has 0 aromatic rings. The van der Waals surface area contributed by atoms with E-state index >= 15 is 0 Å². The highest BCUT2D eigenvalue weighted by molar-refractivity contribution is 8.00. The number of thioether (sulfide) groups is 1.